The molecule has 1 aromatic rings. The van der Waals surface area contributed by atoms with Gasteiger partial charge in [-0.25, -0.2) is 4.79 Å². The highest BCUT2D eigenvalue weighted by Gasteiger charge is 2.25. The molecule has 0 aromatic heterocycles. The molecular formula is C15H25N3O3. The molecule has 0 heterocycles. The Hall–Kier alpha value is -1.79. The van der Waals surface area contributed by atoms with Crippen molar-refractivity contribution in [2.24, 2.45) is 5.73 Å². The fraction of sp³-hybridized carbons (Fsp3) is 0.533. The van der Waals surface area contributed by atoms with E-state index >= 15 is 0 Å². The summed E-state index contributed by atoms with van der Waals surface area (Å²) in [6.45, 7) is 5.68. The van der Waals surface area contributed by atoms with E-state index in [0.717, 1.165) is 0 Å². The van der Waals surface area contributed by atoms with E-state index in [2.05, 4.69) is 5.32 Å². The van der Waals surface area contributed by atoms with Crippen LogP contribution < -0.4 is 16.8 Å². The molecule has 6 nitrogen and oxygen atoms in total. The monoisotopic (exact) mass is 295 g/mol. The Morgan fingerprint density at radius 3 is 2.38 bits per heavy atom. The maximum absolute atomic E-state index is 11.8. The van der Waals surface area contributed by atoms with Crippen LogP contribution in [0.15, 0.2) is 24.3 Å². The van der Waals surface area contributed by atoms with Crippen molar-refractivity contribution in [3.63, 3.8) is 0 Å². The van der Waals surface area contributed by atoms with E-state index in [9.17, 15) is 9.90 Å². The van der Waals surface area contributed by atoms with Gasteiger partial charge in [-0.15, -0.1) is 0 Å². The van der Waals surface area contributed by atoms with Crippen LogP contribution in [0.5, 0.6) is 0 Å². The summed E-state index contributed by atoms with van der Waals surface area (Å²) in [7, 11) is 0. The third-order valence-corrected chi connectivity index (χ3v) is 2.84. The number of aliphatic hydroxyl groups excluding tert-OH is 1. The fourth-order valence-corrected chi connectivity index (χ4v) is 1.87. The Bertz CT molecular complexity index is 454. The van der Waals surface area contributed by atoms with Gasteiger partial charge >= 0.3 is 6.09 Å². The number of nitrogens with two attached hydrogens (primary N) is 2. The van der Waals surface area contributed by atoms with Crippen LogP contribution in [0.2, 0.25) is 0 Å². The first-order valence-corrected chi connectivity index (χ1v) is 6.96. The lowest BCUT2D eigenvalue weighted by Crippen LogP contribution is -2.43. The van der Waals surface area contributed by atoms with Gasteiger partial charge in [0.1, 0.15) is 5.60 Å². The first-order valence-electron chi connectivity index (χ1n) is 6.96. The molecule has 0 fully saturated rings. The molecule has 0 radical (unpaired) electrons. The molecule has 2 unspecified atom stereocenters. The molecule has 1 aromatic carbocycles. The van der Waals surface area contributed by atoms with Crippen LogP contribution in [0.4, 0.5) is 10.5 Å². The van der Waals surface area contributed by atoms with Gasteiger partial charge in [0.2, 0.25) is 0 Å². The quantitative estimate of drug-likeness (QED) is 0.616. The van der Waals surface area contributed by atoms with Crippen LogP contribution in [-0.4, -0.2) is 29.4 Å². The third-order valence-electron chi connectivity index (χ3n) is 2.84. The van der Waals surface area contributed by atoms with Gasteiger partial charge in [0.15, 0.2) is 0 Å². The Balaban J connectivity index is 2.76. The van der Waals surface area contributed by atoms with E-state index < -0.39 is 23.8 Å². The van der Waals surface area contributed by atoms with E-state index in [0.29, 0.717) is 24.2 Å². The van der Waals surface area contributed by atoms with Crippen molar-refractivity contribution in [2.75, 3.05) is 12.3 Å². The number of aliphatic hydroxyl groups is 1. The number of ether oxygens (including phenoxy) is 1. The number of alkyl carbamates (subject to hydrolysis) is 1. The molecule has 6 heteroatoms. The average molecular weight is 295 g/mol. The van der Waals surface area contributed by atoms with Gasteiger partial charge < -0.3 is 26.6 Å². The van der Waals surface area contributed by atoms with Crippen LogP contribution >= 0.6 is 0 Å². The summed E-state index contributed by atoms with van der Waals surface area (Å²) in [4.78, 5) is 11.8. The number of anilines is 1. The van der Waals surface area contributed by atoms with Crippen LogP contribution in [0.25, 0.3) is 0 Å². The zero-order valence-electron chi connectivity index (χ0n) is 12.8. The van der Waals surface area contributed by atoms with Gasteiger partial charge in [0.25, 0.3) is 0 Å². The molecule has 1 amide bonds. The standard InChI is InChI=1S/C15H25N3O3/c1-15(2,3)21-14(20)18-12(8-9-16)13(19)10-4-6-11(17)7-5-10/h4-7,12-13,19H,8-9,16-17H2,1-3H3,(H,18,20). The number of carbonyl (C=O) groups is 1. The van der Waals surface area contributed by atoms with Gasteiger partial charge in [0.05, 0.1) is 12.1 Å². The number of rotatable bonds is 5. The number of carbonyl (C=O) groups excluding carboxylic acids is 1. The molecule has 0 aliphatic rings. The van der Waals surface area contributed by atoms with Gasteiger partial charge in [0, 0.05) is 5.69 Å². The highest BCUT2D eigenvalue weighted by Crippen LogP contribution is 2.20. The molecule has 0 bridgehead atoms. The van der Waals surface area contributed by atoms with E-state index in [4.69, 9.17) is 16.2 Å². The molecule has 2 atom stereocenters. The summed E-state index contributed by atoms with van der Waals surface area (Å²) < 4.78 is 5.20. The van der Waals surface area contributed by atoms with Crippen molar-refractivity contribution in [2.45, 2.75) is 44.9 Å². The molecule has 0 aliphatic heterocycles. The molecule has 0 saturated heterocycles. The Morgan fingerprint density at radius 1 is 1.33 bits per heavy atom. The zero-order chi connectivity index (χ0) is 16.0. The predicted octanol–water partition coefficient (Wildman–Crippen LogP) is 1.54. The molecular weight excluding hydrogens is 270 g/mol. The van der Waals surface area contributed by atoms with Gasteiger partial charge in [-0.3, -0.25) is 0 Å². The summed E-state index contributed by atoms with van der Waals surface area (Å²) in [6, 6.07) is 6.32. The van der Waals surface area contributed by atoms with E-state index in [-0.39, 0.29) is 0 Å². The van der Waals surface area contributed by atoms with Crippen molar-refractivity contribution >= 4 is 11.8 Å². The summed E-state index contributed by atoms with van der Waals surface area (Å²) in [5.41, 5.74) is 11.9. The minimum atomic E-state index is -0.873. The van der Waals surface area contributed by atoms with Crippen LogP contribution in [-0.2, 0) is 4.74 Å². The number of hydrogen-bond acceptors (Lipinski definition) is 5. The number of amides is 1. The highest BCUT2D eigenvalue weighted by molar-refractivity contribution is 5.68. The second-order valence-electron chi connectivity index (χ2n) is 5.94. The highest BCUT2D eigenvalue weighted by atomic mass is 16.6. The second-order valence-corrected chi connectivity index (χ2v) is 5.94. The lowest BCUT2D eigenvalue weighted by Gasteiger charge is -2.26. The zero-order valence-corrected chi connectivity index (χ0v) is 12.8. The molecule has 0 spiro atoms. The first kappa shape index (κ1) is 17.3. The van der Waals surface area contributed by atoms with Crippen LogP contribution in [0.1, 0.15) is 38.9 Å². The summed E-state index contributed by atoms with van der Waals surface area (Å²) in [5, 5.41) is 13.0. The first-order chi connectivity index (χ1) is 9.73. The van der Waals surface area contributed by atoms with E-state index in [1.165, 1.54) is 0 Å². The summed E-state index contributed by atoms with van der Waals surface area (Å²) >= 11 is 0. The van der Waals surface area contributed by atoms with Crippen molar-refractivity contribution < 1.29 is 14.6 Å². The van der Waals surface area contributed by atoms with E-state index in [1.807, 2.05) is 0 Å². The van der Waals surface area contributed by atoms with E-state index in [1.54, 1.807) is 45.0 Å². The molecule has 0 aliphatic carbocycles. The van der Waals surface area contributed by atoms with Gasteiger partial charge in [-0.1, -0.05) is 12.1 Å². The van der Waals surface area contributed by atoms with Gasteiger partial charge in [-0.2, -0.15) is 0 Å². The maximum Gasteiger partial charge on any atom is 0.407 e. The topological polar surface area (TPSA) is 111 Å². The van der Waals surface area contributed by atoms with Gasteiger partial charge in [-0.05, 0) is 51.4 Å². The summed E-state index contributed by atoms with van der Waals surface area (Å²) in [6.07, 6.45) is -1.01. The lowest BCUT2D eigenvalue weighted by molar-refractivity contribution is 0.0416. The summed E-state index contributed by atoms with van der Waals surface area (Å²) in [5.74, 6) is 0. The largest absolute Gasteiger partial charge is 0.444 e. The Labute approximate surface area is 125 Å². The predicted molar refractivity (Wildman–Crippen MR) is 82.6 cm³/mol. The number of benzene rings is 1. The Morgan fingerprint density at radius 2 is 1.90 bits per heavy atom. The molecule has 1 rings (SSSR count). The molecule has 6 N–H and O–H groups in total. The smallest absolute Gasteiger partial charge is 0.407 e. The number of hydrogen-bond donors (Lipinski definition) is 4. The minimum absolute atomic E-state index is 0.340. The van der Waals surface area contributed by atoms with Crippen molar-refractivity contribution in [3.8, 4) is 0 Å². The molecule has 118 valence electrons. The third kappa shape index (κ3) is 6.01. The fourth-order valence-electron chi connectivity index (χ4n) is 1.87. The minimum Gasteiger partial charge on any atom is -0.444 e. The van der Waals surface area contributed by atoms with Crippen LogP contribution in [0, 0.1) is 0 Å². The molecule has 21 heavy (non-hydrogen) atoms. The maximum atomic E-state index is 11.8. The van der Waals surface area contributed by atoms with Crippen molar-refractivity contribution in [1.29, 1.82) is 0 Å². The SMILES string of the molecule is CC(C)(C)OC(=O)NC(CCN)C(O)c1ccc(N)cc1. The normalized spacial score (nSPS) is 14.3. The Kier molecular flexibility index (Phi) is 5.99. The van der Waals surface area contributed by atoms with Crippen LogP contribution in [0.3, 0.4) is 0 Å². The molecule has 0 saturated carbocycles. The average Bonchev–Trinajstić information content (AvgIpc) is 2.36. The second kappa shape index (κ2) is 7.28. The number of nitrogens with one attached hydrogen (secondary N) is 1. The number of nitrogen functional groups attached to an aromatic ring is 1. The van der Waals surface area contributed by atoms with Crippen molar-refractivity contribution in [3.05, 3.63) is 29.8 Å². The lowest BCUT2D eigenvalue weighted by atomic mass is 9.99. The van der Waals surface area contributed by atoms with Crippen molar-refractivity contribution in [1.82, 2.24) is 5.32 Å².